The molecular weight excluding hydrogens is 387 g/mol. The zero-order chi connectivity index (χ0) is 19.3. The lowest BCUT2D eigenvalue weighted by Crippen LogP contribution is -2.38. The second kappa shape index (κ2) is 9.15. The van der Waals surface area contributed by atoms with E-state index in [1.807, 2.05) is 24.3 Å². The van der Waals surface area contributed by atoms with Gasteiger partial charge in [-0.3, -0.25) is 4.90 Å². The van der Waals surface area contributed by atoms with Gasteiger partial charge < -0.3 is 0 Å². The fourth-order valence-electron chi connectivity index (χ4n) is 3.31. The molecule has 0 unspecified atom stereocenters. The third kappa shape index (κ3) is 6.28. The summed E-state index contributed by atoms with van der Waals surface area (Å²) in [5.74, 6) is -0.165. The van der Waals surface area contributed by atoms with Crippen molar-refractivity contribution in [2.45, 2.75) is 25.1 Å². The first-order chi connectivity index (χ1) is 12.9. The van der Waals surface area contributed by atoms with Crippen LogP contribution in [0, 0.1) is 11.7 Å². The predicted molar refractivity (Wildman–Crippen MR) is 106 cm³/mol. The van der Waals surface area contributed by atoms with Gasteiger partial charge in [0.1, 0.15) is 5.82 Å². The maximum atomic E-state index is 12.9. The Balaban J connectivity index is 1.43. The molecule has 0 bridgehead atoms. The van der Waals surface area contributed by atoms with Crippen molar-refractivity contribution in [1.29, 1.82) is 0 Å². The van der Waals surface area contributed by atoms with Crippen molar-refractivity contribution in [3.63, 3.8) is 0 Å². The molecule has 27 heavy (non-hydrogen) atoms. The molecule has 1 aliphatic heterocycles. The van der Waals surface area contributed by atoms with E-state index in [9.17, 15) is 12.8 Å². The van der Waals surface area contributed by atoms with Gasteiger partial charge in [-0.1, -0.05) is 41.9 Å². The van der Waals surface area contributed by atoms with E-state index in [0.717, 1.165) is 43.1 Å². The zero-order valence-electron chi connectivity index (χ0n) is 15.1. The summed E-state index contributed by atoms with van der Waals surface area (Å²) in [4.78, 5) is 2.35. The minimum absolute atomic E-state index is 0.126. The molecule has 0 amide bonds. The van der Waals surface area contributed by atoms with Crippen LogP contribution in [0.25, 0.3) is 0 Å². The van der Waals surface area contributed by atoms with Gasteiger partial charge in [0, 0.05) is 18.1 Å². The summed E-state index contributed by atoms with van der Waals surface area (Å²) in [6, 6.07) is 13.4. The molecule has 7 heteroatoms. The maximum Gasteiger partial charge on any atom is 0.215 e. The van der Waals surface area contributed by atoms with Crippen molar-refractivity contribution in [3.05, 3.63) is 70.5 Å². The first kappa shape index (κ1) is 20.3. The van der Waals surface area contributed by atoms with Crippen LogP contribution in [0.4, 0.5) is 4.39 Å². The molecule has 0 saturated carbocycles. The molecule has 2 aromatic rings. The average molecular weight is 411 g/mol. The summed E-state index contributed by atoms with van der Waals surface area (Å²) in [7, 11) is -3.42. The minimum atomic E-state index is -3.42. The molecule has 0 spiro atoms. The summed E-state index contributed by atoms with van der Waals surface area (Å²) in [5, 5.41) is 0.785. The van der Waals surface area contributed by atoms with Crippen LogP contribution in [0.5, 0.6) is 0 Å². The van der Waals surface area contributed by atoms with Crippen LogP contribution in [0.3, 0.4) is 0 Å². The fraction of sp³-hybridized carbons (Fsp3) is 0.400. The molecule has 4 nitrogen and oxygen atoms in total. The molecule has 1 heterocycles. The van der Waals surface area contributed by atoms with E-state index < -0.39 is 10.0 Å². The molecule has 3 rings (SSSR count). The van der Waals surface area contributed by atoms with Gasteiger partial charge in [-0.25, -0.2) is 17.5 Å². The van der Waals surface area contributed by atoms with E-state index in [2.05, 4.69) is 9.62 Å². The largest absolute Gasteiger partial charge is 0.299 e. The Morgan fingerprint density at radius 1 is 1.07 bits per heavy atom. The van der Waals surface area contributed by atoms with Crippen molar-refractivity contribution in [2.24, 2.45) is 5.92 Å². The Labute approximate surface area is 165 Å². The van der Waals surface area contributed by atoms with Crippen molar-refractivity contribution in [3.8, 4) is 0 Å². The number of sulfonamides is 1. The van der Waals surface area contributed by atoms with Crippen LogP contribution in [-0.4, -0.2) is 33.0 Å². The first-order valence-electron chi connectivity index (χ1n) is 9.09. The Morgan fingerprint density at radius 2 is 1.74 bits per heavy atom. The highest BCUT2D eigenvalue weighted by Gasteiger charge is 2.21. The van der Waals surface area contributed by atoms with Gasteiger partial charge in [0.25, 0.3) is 0 Å². The van der Waals surface area contributed by atoms with E-state index in [-0.39, 0.29) is 11.6 Å². The second-order valence-electron chi connectivity index (χ2n) is 7.04. The summed E-state index contributed by atoms with van der Waals surface area (Å²) in [5.41, 5.74) is 1.70. The number of benzene rings is 2. The highest BCUT2D eigenvalue weighted by atomic mass is 35.5. The number of rotatable bonds is 7. The van der Waals surface area contributed by atoms with Crippen molar-refractivity contribution in [1.82, 2.24) is 9.62 Å². The normalized spacial score (nSPS) is 16.5. The lowest BCUT2D eigenvalue weighted by molar-refractivity contribution is 0.178. The van der Waals surface area contributed by atoms with Gasteiger partial charge in [0.2, 0.25) is 10.0 Å². The molecule has 1 saturated heterocycles. The van der Waals surface area contributed by atoms with E-state index in [1.54, 1.807) is 0 Å². The van der Waals surface area contributed by atoms with Crippen LogP contribution in [0.1, 0.15) is 24.0 Å². The van der Waals surface area contributed by atoms with E-state index in [1.165, 1.54) is 24.3 Å². The second-order valence-corrected chi connectivity index (χ2v) is 9.26. The summed E-state index contributed by atoms with van der Waals surface area (Å²) < 4.78 is 40.1. The number of hydrogen-bond donors (Lipinski definition) is 1. The quantitative estimate of drug-likeness (QED) is 0.755. The molecule has 1 aliphatic rings. The molecule has 146 valence electrons. The standard InChI is InChI=1S/C20H24ClFN2O2S/c21-20-4-2-1-3-18(20)14-24-11-9-16(10-12-24)13-23-27(25,26)15-17-5-7-19(22)8-6-17/h1-8,16,23H,9-15H2. The number of nitrogens with zero attached hydrogens (tertiary/aromatic N) is 1. The molecule has 0 atom stereocenters. The highest BCUT2D eigenvalue weighted by Crippen LogP contribution is 2.22. The van der Waals surface area contributed by atoms with Gasteiger partial charge >= 0.3 is 0 Å². The molecule has 1 fully saturated rings. The minimum Gasteiger partial charge on any atom is -0.299 e. The summed E-state index contributed by atoms with van der Waals surface area (Å²) in [6.07, 6.45) is 1.90. The number of halogens is 2. The molecule has 0 aromatic heterocycles. The maximum absolute atomic E-state index is 12.9. The van der Waals surface area contributed by atoms with Gasteiger partial charge in [-0.05, 0) is 61.2 Å². The fourth-order valence-corrected chi connectivity index (χ4v) is 4.73. The van der Waals surface area contributed by atoms with Crippen LogP contribution in [0.2, 0.25) is 5.02 Å². The lowest BCUT2D eigenvalue weighted by Gasteiger charge is -2.32. The lowest BCUT2D eigenvalue weighted by atomic mass is 9.97. The SMILES string of the molecule is O=S(=O)(Cc1ccc(F)cc1)NCC1CCN(Cc2ccccc2Cl)CC1. The number of piperidine rings is 1. The monoisotopic (exact) mass is 410 g/mol. The third-order valence-corrected chi connectivity index (χ3v) is 6.61. The van der Waals surface area contributed by atoms with E-state index in [0.29, 0.717) is 18.0 Å². The van der Waals surface area contributed by atoms with Crippen molar-refractivity contribution in [2.75, 3.05) is 19.6 Å². The zero-order valence-corrected chi connectivity index (χ0v) is 16.6. The van der Waals surface area contributed by atoms with Crippen LogP contribution < -0.4 is 4.72 Å². The smallest absolute Gasteiger partial charge is 0.215 e. The number of likely N-dealkylation sites (tertiary alicyclic amines) is 1. The van der Waals surface area contributed by atoms with Gasteiger partial charge in [0.15, 0.2) is 0 Å². The Hall–Kier alpha value is -1.47. The third-order valence-electron chi connectivity index (χ3n) is 4.92. The highest BCUT2D eigenvalue weighted by molar-refractivity contribution is 7.88. The molecular formula is C20H24ClFN2O2S. The molecule has 1 N–H and O–H groups in total. The number of hydrogen-bond acceptors (Lipinski definition) is 3. The van der Waals surface area contributed by atoms with Crippen LogP contribution in [0.15, 0.2) is 48.5 Å². The van der Waals surface area contributed by atoms with Crippen LogP contribution >= 0.6 is 11.6 Å². The van der Waals surface area contributed by atoms with E-state index in [4.69, 9.17) is 11.6 Å². The predicted octanol–water partition coefficient (Wildman–Crippen LogP) is 3.81. The first-order valence-corrected chi connectivity index (χ1v) is 11.1. The van der Waals surface area contributed by atoms with Gasteiger partial charge in [0.05, 0.1) is 5.75 Å². The molecule has 0 aliphatic carbocycles. The van der Waals surface area contributed by atoms with Crippen molar-refractivity contribution >= 4 is 21.6 Å². The topological polar surface area (TPSA) is 49.4 Å². The summed E-state index contributed by atoms with van der Waals surface area (Å²) >= 11 is 6.22. The Morgan fingerprint density at radius 3 is 2.41 bits per heavy atom. The van der Waals surface area contributed by atoms with Crippen molar-refractivity contribution < 1.29 is 12.8 Å². The van der Waals surface area contributed by atoms with E-state index >= 15 is 0 Å². The molecule has 0 radical (unpaired) electrons. The van der Waals surface area contributed by atoms with Gasteiger partial charge in [-0.15, -0.1) is 0 Å². The van der Waals surface area contributed by atoms with Gasteiger partial charge in [-0.2, -0.15) is 0 Å². The average Bonchev–Trinajstić information content (AvgIpc) is 2.65. The Bertz CT molecular complexity index is 851. The van der Waals surface area contributed by atoms with Crippen LogP contribution in [-0.2, 0) is 22.3 Å². The molecule has 2 aromatic carbocycles. The number of nitrogens with one attached hydrogen (secondary N) is 1. The summed E-state index contributed by atoms with van der Waals surface area (Å²) in [6.45, 7) is 3.12. The Kier molecular flexibility index (Phi) is 6.87.